The van der Waals surface area contributed by atoms with Gasteiger partial charge in [-0.15, -0.1) is 0 Å². The van der Waals surface area contributed by atoms with Crippen molar-refractivity contribution in [2.24, 2.45) is 0 Å². The topological polar surface area (TPSA) is 69.7 Å². The highest BCUT2D eigenvalue weighted by molar-refractivity contribution is 6.48. The Hall–Kier alpha value is -3.90. The van der Waals surface area contributed by atoms with Crippen molar-refractivity contribution in [3.8, 4) is 0 Å². The summed E-state index contributed by atoms with van der Waals surface area (Å²) in [6.45, 7) is 2.58. The van der Waals surface area contributed by atoms with Crippen molar-refractivity contribution in [3.63, 3.8) is 0 Å². The zero-order chi connectivity index (χ0) is 23.4. The first-order valence-corrected chi connectivity index (χ1v) is 10.9. The van der Waals surface area contributed by atoms with Gasteiger partial charge >= 0.3 is 0 Å². The molecule has 0 fully saturated rings. The molecule has 0 saturated heterocycles. The number of nitrogens with zero attached hydrogens (tertiary/aromatic N) is 2. The van der Waals surface area contributed by atoms with E-state index >= 15 is 0 Å². The Balaban J connectivity index is 1.48. The van der Waals surface area contributed by atoms with Crippen LogP contribution in [-0.2, 0) is 16.1 Å². The monoisotopic (exact) mass is 459 g/mol. The van der Waals surface area contributed by atoms with Crippen molar-refractivity contribution in [2.45, 2.75) is 13.5 Å². The number of anilines is 2. The molecule has 166 valence electrons. The number of amides is 3. The van der Waals surface area contributed by atoms with Crippen LogP contribution in [-0.4, -0.2) is 29.2 Å². The van der Waals surface area contributed by atoms with Crippen molar-refractivity contribution >= 4 is 40.7 Å². The molecule has 1 N–H and O–H groups in total. The minimum atomic E-state index is -0.540. The minimum Gasteiger partial charge on any atom is -0.350 e. The van der Waals surface area contributed by atoms with E-state index in [-0.39, 0.29) is 23.2 Å². The smallest absolute Gasteiger partial charge is 0.279 e. The van der Waals surface area contributed by atoms with Crippen LogP contribution in [0.2, 0.25) is 0 Å². The highest BCUT2D eigenvalue weighted by Gasteiger charge is 2.37. The molecule has 3 amide bonds. The maximum Gasteiger partial charge on any atom is 0.279 e. The van der Waals surface area contributed by atoms with Gasteiger partial charge in [-0.1, -0.05) is 60.1 Å². The summed E-state index contributed by atoms with van der Waals surface area (Å²) < 4.78 is 0. The lowest BCUT2D eigenvalue weighted by molar-refractivity contribution is -0.138. The van der Waals surface area contributed by atoms with Crippen molar-refractivity contribution in [1.82, 2.24) is 4.90 Å². The highest BCUT2D eigenvalue weighted by Crippen LogP contribution is 2.27. The molecule has 0 radical (unpaired) electrons. The second-order valence-electron chi connectivity index (χ2n) is 7.46. The third-order valence-corrected chi connectivity index (χ3v) is 5.68. The maximum atomic E-state index is 13.0. The third kappa shape index (κ3) is 4.66. The molecule has 1 aliphatic rings. The molecule has 0 aliphatic carbocycles. The Morgan fingerprint density at radius 2 is 1.48 bits per heavy atom. The quantitative estimate of drug-likeness (QED) is 0.516. The van der Waals surface area contributed by atoms with Gasteiger partial charge in [0.05, 0.1) is 6.54 Å². The normalized spacial score (nSPS) is 13.5. The van der Waals surface area contributed by atoms with Gasteiger partial charge in [0.2, 0.25) is 0 Å². The Bertz CT molecular complexity index is 1210. The van der Waals surface area contributed by atoms with Gasteiger partial charge < -0.3 is 10.2 Å². The van der Waals surface area contributed by atoms with Crippen LogP contribution in [0.4, 0.5) is 11.4 Å². The summed E-state index contributed by atoms with van der Waals surface area (Å²) in [7, 11) is 0. The molecule has 6 nitrogen and oxygen atoms in total. The van der Waals surface area contributed by atoms with Gasteiger partial charge in [-0.05, 0) is 48.9 Å². The highest BCUT2D eigenvalue weighted by atomic mass is 35.5. The Morgan fingerprint density at radius 1 is 0.879 bits per heavy atom. The van der Waals surface area contributed by atoms with Crippen molar-refractivity contribution in [1.29, 1.82) is 0 Å². The first-order chi connectivity index (χ1) is 16.0. The first kappa shape index (κ1) is 22.3. The van der Waals surface area contributed by atoms with Crippen LogP contribution >= 0.6 is 11.6 Å². The number of carbonyl (C=O) groups is 3. The molecular weight excluding hydrogens is 438 g/mol. The standard InChI is InChI=1S/C26H22ClN3O3/c1-2-29(21-11-7-4-8-12-21)24(31)19-13-15-20(16-14-19)28-23-22(27)25(32)30(26(23)33)17-18-9-5-3-6-10-18/h3-16,28H,2,17H2,1H3. The van der Waals surface area contributed by atoms with Gasteiger partial charge in [0.25, 0.3) is 17.7 Å². The summed E-state index contributed by atoms with van der Waals surface area (Å²) in [5.74, 6) is -1.16. The lowest BCUT2D eigenvalue weighted by Crippen LogP contribution is -2.31. The summed E-state index contributed by atoms with van der Waals surface area (Å²) in [6, 6.07) is 25.4. The van der Waals surface area contributed by atoms with Crippen LogP contribution in [0.5, 0.6) is 0 Å². The van der Waals surface area contributed by atoms with E-state index in [4.69, 9.17) is 11.6 Å². The summed E-state index contributed by atoms with van der Waals surface area (Å²) >= 11 is 6.19. The Labute approximate surface area is 197 Å². The molecule has 0 aromatic heterocycles. The number of nitrogens with one attached hydrogen (secondary N) is 1. The number of halogens is 1. The lowest BCUT2D eigenvalue weighted by atomic mass is 10.1. The first-order valence-electron chi connectivity index (χ1n) is 10.5. The number of hydrogen-bond acceptors (Lipinski definition) is 4. The molecule has 0 atom stereocenters. The SMILES string of the molecule is CCN(C(=O)c1ccc(NC2=C(Cl)C(=O)N(Cc3ccccc3)C2=O)cc1)c1ccccc1. The average Bonchev–Trinajstić information content (AvgIpc) is 3.04. The van der Waals surface area contributed by atoms with Gasteiger partial charge in [-0.3, -0.25) is 19.3 Å². The summed E-state index contributed by atoms with van der Waals surface area (Å²) in [5.41, 5.74) is 2.72. The van der Waals surface area contributed by atoms with E-state index in [2.05, 4.69) is 5.32 Å². The molecule has 7 heteroatoms. The fourth-order valence-corrected chi connectivity index (χ4v) is 3.84. The summed E-state index contributed by atoms with van der Waals surface area (Å²) in [4.78, 5) is 41.1. The fraction of sp³-hybridized carbons (Fsp3) is 0.115. The van der Waals surface area contributed by atoms with E-state index in [9.17, 15) is 14.4 Å². The second kappa shape index (κ2) is 9.71. The number of carbonyl (C=O) groups excluding carboxylic acids is 3. The van der Waals surface area contributed by atoms with Crippen LogP contribution < -0.4 is 10.2 Å². The van der Waals surface area contributed by atoms with Crippen LogP contribution in [0.15, 0.2) is 95.7 Å². The number of para-hydroxylation sites is 1. The molecule has 3 aromatic carbocycles. The van der Waals surface area contributed by atoms with Crippen LogP contribution in [0.3, 0.4) is 0 Å². The third-order valence-electron chi connectivity index (χ3n) is 5.33. The van der Waals surface area contributed by atoms with Gasteiger partial charge in [-0.2, -0.15) is 0 Å². The molecule has 4 rings (SSSR count). The molecule has 1 heterocycles. The van der Waals surface area contributed by atoms with Crippen LogP contribution in [0.1, 0.15) is 22.8 Å². The predicted octanol–water partition coefficient (Wildman–Crippen LogP) is 4.78. The number of benzene rings is 3. The Kier molecular flexibility index (Phi) is 6.56. The number of rotatable bonds is 7. The Morgan fingerprint density at radius 3 is 2.09 bits per heavy atom. The molecular formula is C26H22ClN3O3. The minimum absolute atomic E-state index is 0.0242. The van der Waals surface area contributed by atoms with Crippen molar-refractivity contribution in [3.05, 3.63) is 107 Å². The second-order valence-corrected chi connectivity index (χ2v) is 7.84. The predicted molar refractivity (Wildman–Crippen MR) is 129 cm³/mol. The van der Waals surface area contributed by atoms with E-state index in [1.54, 1.807) is 29.2 Å². The molecule has 33 heavy (non-hydrogen) atoms. The van der Waals surface area contributed by atoms with Gasteiger partial charge in [0.1, 0.15) is 10.7 Å². The van der Waals surface area contributed by atoms with Crippen LogP contribution in [0.25, 0.3) is 0 Å². The van der Waals surface area contributed by atoms with E-state index in [1.807, 2.05) is 67.6 Å². The fourth-order valence-electron chi connectivity index (χ4n) is 3.61. The molecule has 3 aromatic rings. The van der Waals surface area contributed by atoms with E-state index in [1.165, 1.54) is 0 Å². The number of imide groups is 1. The van der Waals surface area contributed by atoms with Gasteiger partial charge in [0.15, 0.2) is 0 Å². The van der Waals surface area contributed by atoms with Gasteiger partial charge in [-0.25, -0.2) is 0 Å². The van der Waals surface area contributed by atoms with Gasteiger partial charge in [0, 0.05) is 23.5 Å². The summed E-state index contributed by atoms with van der Waals surface area (Å²) in [6.07, 6.45) is 0. The largest absolute Gasteiger partial charge is 0.350 e. The van der Waals surface area contributed by atoms with Crippen molar-refractivity contribution in [2.75, 3.05) is 16.8 Å². The molecule has 0 saturated carbocycles. The lowest BCUT2D eigenvalue weighted by Gasteiger charge is -2.21. The molecule has 0 spiro atoms. The zero-order valence-corrected chi connectivity index (χ0v) is 18.8. The van der Waals surface area contributed by atoms with E-state index in [0.717, 1.165) is 16.2 Å². The maximum absolute atomic E-state index is 13.0. The summed E-state index contributed by atoms with van der Waals surface area (Å²) in [5, 5.41) is 2.78. The molecule has 1 aliphatic heterocycles. The van der Waals surface area contributed by atoms with Crippen molar-refractivity contribution < 1.29 is 14.4 Å². The van der Waals surface area contributed by atoms with E-state index < -0.39 is 11.8 Å². The zero-order valence-electron chi connectivity index (χ0n) is 18.0. The molecule has 0 bridgehead atoms. The average molecular weight is 460 g/mol. The molecule has 0 unspecified atom stereocenters. The van der Waals surface area contributed by atoms with E-state index in [0.29, 0.717) is 17.8 Å². The van der Waals surface area contributed by atoms with Crippen LogP contribution in [0, 0.1) is 0 Å². The number of hydrogen-bond donors (Lipinski definition) is 1.